The number of ether oxygens (including phenoxy) is 2. The summed E-state index contributed by atoms with van der Waals surface area (Å²) in [5.74, 6) is 1.56. The van der Waals surface area contributed by atoms with Crippen LogP contribution in [0.1, 0.15) is 16.2 Å². The van der Waals surface area contributed by atoms with Crippen LogP contribution in [0.3, 0.4) is 0 Å². The van der Waals surface area contributed by atoms with E-state index in [9.17, 15) is 4.79 Å². The molecule has 2 aromatic heterocycles. The Morgan fingerprint density at radius 2 is 1.89 bits per heavy atom. The van der Waals surface area contributed by atoms with Crippen LogP contribution < -0.4 is 14.8 Å². The molecular weight excluding hydrogens is 378 g/mol. The van der Waals surface area contributed by atoms with Gasteiger partial charge < -0.3 is 14.8 Å². The van der Waals surface area contributed by atoms with Crippen molar-refractivity contribution in [3.63, 3.8) is 0 Å². The summed E-state index contributed by atoms with van der Waals surface area (Å²) >= 11 is 1.44. The van der Waals surface area contributed by atoms with E-state index in [0.29, 0.717) is 22.7 Å². The van der Waals surface area contributed by atoms with Crippen molar-refractivity contribution in [2.45, 2.75) is 6.92 Å². The molecule has 2 heterocycles. The topological polar surface area (TPSA) is 90.6 Å². The van der Waals surface area contributed by atoms with E-state index in [2.05, 4.69) is 20.6 Å². The number of aromatic nitrogens is 4. The van der Waals surface area contributed by atoms with Crippen LogP contribution in [0.25, 0.3) is 15.5 Å². The minimum absolute atomic E-state index is 0.243. The first-order chi connectivity index (χ1) is 13.6. The Labute approximate surface area is 164 Å². The molecule has 28 heavy (non-hydrogen) atoms. The average Bonchev–Trinajstić information content (AvgIpc) is 3.29. The van der Waals surface area contributed by atoms with Gasteiger partial charge in [0.05, 0.1) is 14.2 Å². The highest BCUT2D eigenvalue weighted by Gasteiger charge is 2.13. The number of methoxy groups -OCH3 is 2. The van der Waals surface area contributed by atoms with Gasteiger partial charge in [-0.05, 0) is 37.3 Å². The van der Waals surface area contributed by atoms with Crippen LogP contribution in [-0.4, -0.2) is 39.9 Å². The normalized spacial score (nSPS) is 10.8. The van der Waals surface area contributed by atoms with Crippen molar-refractivity contribution < 1.29 is 14.3 Å². The first kappa shape index (κ1) is 17.9. The van der Waals surface area contributed by atoms with Gasteiger partial charge in [0.25, 0.3) is 5.91 Å². The summed E-state index contributed by atoms with van der Waals surface area (Å²) in [5, 5.41) is 16.3. The molecule has 4 rings (SSSR count). The molecule has 0 unspecified atom stereocenters. The highest BCUT2D eigenvalue weighted by molar-refractivity contribution is 7.19. The lowest BCUT2D eigenvalue weighted by molar-refractivity contribution is 0.102. The number of nitrogens with zero attached hydrogens (tertiary/aromatic N) is 4. The van der Waals surface area contributed by atoms with E-state index in [1.807, 2.05) is 31.2 Å². The predicted octanol–water partition coefficient (Wildman–Crippen LogP) is 3.43. The Morgan fingerprint density at radius 1 is 1.07 bits per heavy atom. The van der Waals surface area contributed by atoms with Crippen molar-refractivity contribution in [3.05, 3.63) is 53.9 Å². The predicted molar refractivity (Wildman–Crippen MR) is 106 cm³/mol. The Balaban J connectivity index is 1.58. The molecule has 0 atom stereocenters. The zero-order valence-electron chi connectivity index (χ0n) is 15.5. The first-order valence-corrected chi connectivity index (χ1v) is 9.23. The van der Waals surface area contributed by atoms with Gasteiger partial charge in [-0.2, -0.15) is 9.61 Å². The number of amides is 1. The second-order valence-electron chi connectivity index (χ2n) is 5.95. The van der Waals surface area contributed by atoms with E-state index < -0.39 is 0 Å². The number of carbonyl (C=O) groups excluding carboxylic acids is 1. The second kappa shape index (κ2) is 7.28. The number of hydrogen-bond donors (Lipinski definition) is 1. The number of nitrogens with one attached hydrogen (secondary N) is 1. The lowest BCUT2D eigenvalue weighted by Gasteiger charge is -2.10. The number of aryl methyl sites for hydroxylation is 1. The maximum atomic E-state index is 12.6. The van der Waals surface area contributed by atoms with Crippen molar-refractivity contribution in [1.29, 1.82) is 0 Å². The minimum Gasteiger partial charge on any atom is -0.493 e. The second-order valence-corrected chi connectivity index (χ2v) is 6.91. The van der Waals surface area contributed by atoms with Gasteiger partial charge in [-0.25, -0.2) is 0 Å². The molecule has 0 saturated carbocycles. The fraction of sp³-hybridized carbons (Fsp3) is 0.158. The van der Waals surface area contributed by atoms with Gasteiger partial charge in [-0.1, -0.05) is 23.5 Å². The summed E-state index contributed by atoms with van der Waals surface area (Å²) in [6.45, 7) is 1.85. The van der Waals surface area contributed by atoms with Gasteiger partial charge in [-0.3, -0.25) is 4.79 Å². The molecule has 1 N–H and O–H groups in total. The van der Waals surface area contributed by atoms with Crippen LogP contribution in [-0.2, 0) is 0 Å². The highest BCUT2D eigenvalue weighted by atomic mass is 32.1. The number of rotatable bonds is 5. The van der Waals surface area contributed by atoms with Gasteiger partial charge in [0, 0.05) is 16.8 Å². The van der Waals surface area contributed by atoms with E-state index in [0.717, 1.165) is 21.4 Å². The molecular formula is C19H17N5O3S. The molecule has 1 amide bonds. The summed E-state index contributed by atoms with van der Waals surface area (Å²) in [4.78, 5) is 13.4. The summed E-state index contributed by atoms with van der Waals surface area (Å²) in [5.41, 5.74) is 2.03. The lowest BCUT2D eigenvalue weighted by atomic mass is 10.1. The van der Waals surface area contributed by atoms with Crippen molar-refractivity contribution in [2.24, 2.45) is 0 Å². The van der Waals surface area contributed by atoms with E-state index in [4.69, 9.17) is 9.47 Å². The van der Waals surface area contributed by atoms with E-state index in [-0.39, 0.29) is 5.91 Å². The van der Waals surface area contributed by atoms with Gasteiger partial charge in [-0.15, -0.1) is 10.2 Å². The third-order valence-corrected chi connectivity index (χ3v) is 5.11. The van der Waals surface area contributed by atoms with Crippen LogP contribution in [0, 0.1) is 6.92 Å². The fourth-order valence-electron chi connectivity index (χ4n) is 2.74. The SMILES string of the molecule is COc1ccc(C(=O)Nc2cccc(-c3nn4c(C)nnc4s3)c2)cc1OC. The fourth-order valence-corrected chi connectivity index (χ4v) is 3.62. The smallest absolute Gasteiger partial charge is 0.255 e. The van der Waals surface area contributed by atoms with Crippen LogP contribution in [0.5, 0.6) is 11.5 Å². The van der Waals surface area contributed by atoms with Crippen LogP contribution in [0.2, 0.25) is 0 Å². The molecule has 9 heteroatoms. The Morgan fingerprint density at radius 3 is 2.64 bits per heavy atom. The zero-order chi connectivity index (χ0) is 19.7. The molecule has 0 radical (unpaired) electrons. The first-order valence-electron chi connectivity index (χ1n) is 8.41. The maximum absolute atomic E-state index is 12.6. The maximum Gasteiger partial charge on any atom is 0.255 e. The van der Waals surface area contributed by atoms with E-state index in [1.165, 1.54) is 18.4 Å². The number of anilines is 1. The van der Waals surface area contributed by atoms with Crippen LogP contribution >= 0.6 is 11.3 Å². The Bertz CT molecular complexity index is 1170. The van der Waals surface area contributed by atoms with Crippen LogP contribution in [0.4, 0.5) is 5.69 Å². The van der Waals surface area contributed by atoms with Crippen molar-refractivity contribution >= 4 is 27.9 Å². The summed E-state index contributed by atoms with van der Waals surface area (Å²) in [7, 11) is 3.08. The van der Waals surface area contributed by atoms with E-state index in [1.54, 1.807) is 29.8 Å². The number of benzene rings is 2. The molecule has 0 saturated heterocycles. The molecule has 0 spiro atoms. The molecule has 0 aliphatic heterocycles. The Hall–Kier alpha value is -3.46. The highest BCUT2D eigenvalue weighted by Crippen LogP contribution is 2.29. The largest absolute Gasteiger partial charge is 0.493 e. The zero-order valence-corrected chi connectivity index (χ0v) is 16.3. The van der Waals surface area contributed by atoms with Crippen molar-refractivity contribution in [3.8, 4) is 22.1 Å². The van der Waals surface area contributed by atoms with Crippen molar-refractivity contribution in [1.82, 2.24) is 19.8 Å². The number of carbonyl (C=O) groups is 1. The number of fused-ring (bicyclic) bond motifs is 1. The van der Waals surface area contributed by atoms with Crippen molar-refractivity contribution in [2.75, 3.05) is 19.5 Å². The lowest BCUT2D eigenvalue weighted by Crippen LogP contribution is -2.12. The van der Waals surface area contributed by atoms with Gasteiger partial charge in [0.15, 0.2) is 17.3 Å². The van der Waals surface area contributed by atoms with Gasteiger partial charge in [0.1, 0.15) is 5.01 Å². The minimum atomic E-state index is -0.243. The molecule has 8 nitrogen and oxygen atoms in total. The third kappa shape index (κ3) is 3.27. The standard InChI is InChI=1S/C19H17N5O3S/c1-11-21-22-19-24(11)23-18(28-19)13-5-4-6-14(9-13)20-17(25)12-7-8-15(26-2)16(10-12)27-3/h4-10H,1-3H3,(H,20,25). The van der Waals surface area contributed by atoms with Gasteiger partial charge >= 0.3 is 0 Å². The quantitative estimate of drug-likeness (QED) is 0.557. The van der Waals surface area contributed by atoms with Gasteiger partial charge in [0.2, 0.25) is 4.96 Å². The molecule has 4 aromatic rings. The third-order valence-electron chi connectivity index (χ3n) is 4.16. The Kier molecular flexibility index (Phi) is 4.66. The molecule has 0 bridgehead atoms. The number of hydrogen-bond acceptors (Lipinski definition) is 7. The molecule has 0 fully saturated rings. The summed E-state index contributed by atoms with van der Waals surface area (Å²) < 4.78 is 12.2. The summed E-state index contributed by atoms with van der Waals surface area (Å²) in [6, 6.07) is 12.5. The molecule has 142 valence electrons. The summed E-state index contributed by atoms with van der Waals surface area (Å²) in [6.07, 6.45) is 0. The molecule has 0 aliphatic carbocycles. The monoisotopic (exact) mass is 395 g/mol. The molecule has 2 aromatic carbocycles. The molecule has 0 aliphatic rings. The van der Waals surface area contributed by atoms with E-state index >= 15 is 0 Å². The van der Waals surface area contributed by atoms with Crippen LogP contribution in [0.15, 0.2) is 42.5 Å². The average molecular weight is 395 g/mol.